The summed E-state index contributed by atoms with van der Waals surface area (Å²) in [6.45, 7) is 5.24. The first-order chi connectivity index (χ1) is 8.59. The van der Waals surface area contributed by atoms with Crippen LogP contribution in [-0.2, 0) is 9.59 Å². The molecule has 2 fully saturated rings. The molecule has 1 unspecified atom stereocenters. The molecule has 0 radical (unpaired) electrons. The molecule has 0 bridgehead atoms. The van der Waals surface area contributed by atoms with Crippen molar-refractivity contribution in [3.8, 4) is 0 Å². The van der Waals surface area contributed by atoms with Gasteiger partial charge in [-0.3, -0.25) is 9.59 Å². The lowest BCUT2D eigenvalue weighted by atomic mass is 9.94. The summed E-state index contributed by atoms with van der Waals surface area (Å²) in [7, 11) is 0. The number of hydrogen-bond donors (Lipinski definition) is 2. The van der Waals surface area contributed by atoms with Crippen molar-refractivity contribution >= 4 is 11.9 Å². The number of amides is 1. The summed E-state index contributed by atoms with van der Waals surface area (Å²) < 4.78 is 0. The number of carboxylic acids is 1. The van der Waals surface area contributed by atoms with Crippen LogP contribution in [0.4, 0.5) is 0 Å². The van der Waals surface area contributed by atoms with Gasteiger partial charge in [0, 0.05) is 19.6 Å². The van der Waals surface area contributed by atoms with Gasteiger partial charge in [0.25, 0.3) is 0 Å². The highest BCUT2D eigenvalue weighted by atomic mass is 16.4. The molecule has 1 aliphatic heterocycles. The first kappa shape index (κ1) is 13.3. The van der Waals surface area contributed by atoms with Gasteiger partial charge < -0.3 is 15.3 Å². The first-order valence-electron chi connectivity index (χ1n) is 6.82. The number of rotatable bonds is 2. The molecule has 2 rings (SSSR count). The van der Waals surface area contributed by atoms with E-state index in [1.807, 2.05) is 11.8 Å². The Hall–Kier alpha value is -1.10. The second-order valence-corrected chi connectivity index (χ2v) is 5.56. The van der Waals surface area contributed by atoms with Crippen molar-refractivity contribution in [2.45, 2.75) is 26.2 Å². The molecule has 1 saturated heterocycles. The molecule has 1 heterocycles. The monoisotopic (exact) mass is 254 g/mol. The van der Waals surface area contributed by atoms with E-state index in [2.05, 4.69) is 5.32 Å². The van der Waals surface area contributed by atoms with Crippen molar-refractivity contribution in [3.63, 3.8) is 0 Å². The molecule has 5 heteroatoms. The van der Waals surface area contributed by atoms with E-state index in [1.165, 1.54) is 0 Å². The number of hydrogen-bond acceptors (Lipinski definition) is 3. The summed E-state index contributed by atoms with van der Waals surface area (Å²) in [5.41, 5.74) is 0. The molecular formula is C13H22N2O3. The van der Waals surface area contributed by atoms with Gasteiger partial charge in [-0.05, 0) is 31.7 Å². The highest BCUT2D eigenvalue weighted by molar-refractivity contribution is 5.85. The van der Waals surface area contributed by atoms with E-state index in [0.717, 1.165) is 32.5 Å². The van der Waals surface area contributed by atoms with E-state index in [-0.39, 0.29) is 11.8 Å². The fourth-order valence-electron chi connectivity index (χ4n) is 3.14. The van der Waals surface area contributed by atoms with Crippen LogP contribution in [0.25, 0.3) is 0 Å². The summed E-state index contributed by atoms with van der Waals surface area (Å²) >= 11 is 0. The van der Waals surface area contributed by atoms with Crippen LogP contribution in [-0.4, -0.2) is 48.1 Å². The van der Waals surface area contributed by atoms with Crippen LogP contribution in [0.2, 0.25) is 0 Å². The van der Waals surface area contributed by atoms with Crippen LogP contribution < -0.4 is 5.32 Å². The van der Waals surface area contributed by atoms with Crippen LogP contribution in [0.3, 0.4) is 0 Å². The van der Waals surface area contributed by atoms with Gasteiger partial charge in [0.1, 0.15) is 0 Å². The zero-order valence-electron chi connectivity index (χ0n) is 10.9. The Kier molecular flexibility index (Phi) is 4.22. The molecule has 0 aromatic rings. The van der Waals surface area contributed by atoms with Crippen LogP contribution >= 0.6 is 0 Å². The van der Waals surface area contributed by atoms with Gasteiger partial charge in [-0.25, -0.2) is 0 Å². The minimum Gasteiger partial charge on any atom is -0.481 e. The molecule has 0 aromatic heterocycles. The van der Waals surface area contributed by atoms with Gasteiger partial charge in [0.15, 0.2) is 0 Å². The molecule has 2 aliphatic rings. The molecule has 1 amide bonds. The largest absolute Gasteiger partial charge is 0.481 e. The van der Waals surface area contributed by atoms with E-state index < -0.39 is 11.9 Å². The summed E-state index contributed by atoms with van der Waals surface area (Å²) in [6.07, 6.45) is 2.31. The Labute approximate surface area is 108 Å². The number of aliphatic carboxylic acids is 1. The standard InChI is InChI=1S/C13H22N2O3/c1-9-7-10(11(8-9)13(17)18)12(16)15-5-2-3-14-4-6-15/h9-11,14H,2-8H2,1H3,(H,17,18)/t9?,10-,11+/m0/s1. The second-order valence-electron chi connectivity index (χ2n) is 5.56. The number of carbonyl (C=O) groups excluding carboxylic acids is 1. The van der Waals surface area contributed by atoms with Gasteiger partial charge in [0.2, 0.25) is 5.91 Å². The van der Waals surface area contributed by atoms with Crippen LogP contribution in [0.5, 0.6) is 0 Å². The summed E-state index contributed by atoms with van der Waals surface area (Å²) in [4.78, 5) is 25.5. The molecule has 0 spiro atoms. The predicted octanol–water partition coefficient (Wildman–Crippen LogP) is 0.555. The molecule has 18 heavy (non-hydrogen) atoms. The smallest absolute Gasteiger partial charge is 0.307 e. The lowest BCUT2D eigenvalue weighted by molar-refractivity contribution is -0.149. The van der Waals surface area contributed by atoms with Crippen molar-refractivity contribution in [2.75, 3.05) is 26.2 Å². The minimum absolute atomic E-state index is 0.0513. The van der Waals surface area contributed by atoms with E-state index in [0.29, 0.717) is 18.9 Å². The third-order valence-corrected chi connectivity index (χ3v) is 4.08. The van der Waals surface area contributed by atoms with Gasteiger partial charge in [-0.15, -0.1) is 0 Å². The lowest BCUT2D eigenvalue weighted by Gasteiger charge is -2.25. The SMILES string of the molecule is CC1C[C@H](C(=O)N2CCCNCC2)[C@H](C(=O)O)C1. The molecule has 2 N–H and O–H groups in total. The van der Waals surface area contributed by atoms with Crippen LogP contribution in [0, 0.1) is 17.8 Å². The van der Waals surface area contributed by atoms with Crippen molar-refractivity contribution in [1.29, 1.82) is 0 Å². The predicted molar refractivity (Wildman–Crippen MR) is 67.1 cm³/mol. The summed E-state index contributed by atoms with van der Waals surface area (Å²) in [5.74, 6) is -1.22. The zero-order valence-corrected chi connectivity index (χ0v) is 10.9. The first-order valence-corrected chi connectivity index (χ1v) is 6.82. The fourth-order valence-corrected chi connectivity index (χ4v) is 3.14. The van der Waals surface area contributed by atoms with E-state index in [1.54, 1.807) is 0 Å². The number of nitrogens with zero attached hydrogens (tertiary/aromatic N) is 1. The van der Waals surface area contributed by atoms with Gasteiger partial charge in [-0.1, -0.05) is 6.92 Å². The van der Waals surface area contributed by atoms with E-state index in [9.17, 15) is 14.7 Å². The maximum absolute atomic E-state index is 12.4. The van der Waals surface area contributed by atoms with Crippen molar-refractivity contribution in [2.24, 2.45) is 17.8 Å². The maximum atomic E-state index is 12.4. The Morgan fingerprint density at radius 3 is 2.61 bits per heavy atom. The normalized spacial score (nSPS) is 33.2. The number of carboxylic acid groups (broad SMARTS) is 1. The van der Waals surface area contributed by atoms with Crippen molar-refractivity contribution < 1.29 is 14.7 Å². The third-order valence-electron chi connectivity index (χ3n) is 4.08. The molecule has 0 aromatic carbocycles. The zero-order chi connectivity index (χ0) is 13.1. The highest BCUT2D eigenvalue weighted by Crippen LogP contribution is 2.37. The summed E-state index contributed by atoms with van der Waals surface area (Å²) in [6, 6.07) is 0. The molecule has 102 valence electrons. The number of nitrogens with one attached hydrogen (secondary N) is 1. The van der Waals surface area contributed by atoms with Crippen molar-refractivity contribution in [3.05, 3.63) is 0 Å². The maximum Gasteiger partial charge on any atom is 0.307 e. The van der Waals surface area contributed by atoms with Crippen LogP contribution in [0.1, 0.15) is 26.2 Å². The molecule has 5 nitrogen and oxygen atoms in total. The van der Waals surface area contributed by atoms with Gasteiger partial charge >= 0.3 is 5.97 Å². The average Bonchev–Trinajstić information content (AvgIpc) is 2.56. The topological polar surface area (TPSA) is 69.6 Å². The molecule has 1 aliphatic carbocycles. The number of carbonyl (C=O) groups is 2. The Balaban J connectivity index is 2.04. The Morgan fingerprint density at radius 1 is 1.17 bits per heavy atom. The second kappa shape index (κ2) is 5.69. The lowest BCUT2D eigenvalue weighted by Crippen LogP contribution is -2.41. The van der Waals surface area contributed by atoms with E-state index in [4.69, 9.17) is 0 Å². The molecule has 3 atom stereocenters. The molecule has 1 saturated carbocycles. The van der Waals surface area contributed by atoms with E-state index >= 15 is 0 Å². The van der Waals surface area contributed by atoms with Crippen molar-refractivity contribution in [1.82, 2.24) is 10.2 Å². The minimum atomic E-state index is -0.814. The van der Waals surface area contributed by atoms with Crippen LogP contribution in [0.15, 0.2) is 0 Å². The average molecular weight is 254 g/mol. The molecular weight excluding hydrogens is 232 g/mol. The quantitative estimate of drug-likeness (QED) is 0.755. The third kappa shape index (κ3) is 2.83. The summed E-state index contributed by atoms with van der Waals surface area (Å²) in [5, 5.41) is 12.5. The highest BCUT2D eigenvalue weighted by Gasteiger charge is 2.42. The van der Waals surface area contributed by atoms with Gasteiger partial charge in [0.05, 0.1) is 11.8 Å². The Morgan fingerprint density at radius 2 is 1.89 bits per heavy atom. The fraction of sp³-hybridized carbons (Fsp3) is 0.846. The van der Waals surface area contributed by atoms with Gasteiger partial charge in [-0.2, -0.15) is 0 Å². The Bertz CT molecular complexity index is 324.